The first-order chi connectivity index (χ1) is 25.2. The third-order valence-electron chi connectivity index (χ3n) is 12.3. The van der Waals surface area contributed by atoms with Gasteiger partial charge in [-0.1, -0.05) is 135 Å². The number of hydrogen-bond donors (Lipinski definition) is 0. The molecule has 4 atom stereocenters. The first-order valence-electron chi connectivity index (χ1n) is 21.3. The van der Waals surface area contributed by atoms with Gasteiger partial charge in [0.05, 0.1) is 24.4 Å². The van der Waals surface area contributed by atoms with Crippen LogP contribution < -0.4 is 10.4 Å². The molecule has 3 rings (SSSR count). The number of allylic oxidation sites excluding steroid dienone is 1. The molecule has 2 aromatic rings. The van der Waals surface area contributed by atoms with Crippen LogP contribution in [0.15, 0.2) is 72.8 Å². The van der Waals surface area contributed by atoms with Gasteiger partial charge in [-0.25, -0.2) is 0 Å². The summed E-state index contributed by atoms with van der Waals surface area (Å²) in [7, 11) is -6.60. The summed E-state index contributed by atoms with van der Waals surface area (Å²) in [6, 6.07) is 29.1. The Morgan fingerprint density at radius 2 is 1.04 bits per heavy atom. The highest BCUT2D eigenvalue weighted by molar-refractivity contribution is 6.99. The van der Waals surface area contributed by atoms with Crippen molar-refractivity contribution in [2.24, 2.45) is 11.8 Å². The molecule has 1 aliphatic carbocycles. The molecule has 0 bridgehead atoms. The Morgan fingerprint density at radius 3 is 1.42 bits per heavy atom. The van der Waals surface area contributed by atoms with E-state index < -0.39 is 25.0 Å². The van der Waals surface area contributed by atoms with Crippen molar-refractivity contribution in [2.75, 3.05) is 6.61 Å². The zero-order valence-electron chi connectivity index (χ0n) is 36.1. The highest BCUT2D eigenvalue weighted by Crippen LogP contribution is 2.45. The molecular formula is C45H78O5Si3. The van der Waals surface area contributed by atoms with Crippen LogP contribution in [0, 0.1) is 11.8 Å². The van der Waals surface area contributed by atoms with Crippen LogP contribution >= 0.6 is 0 Å². The van der Waals surface area contributed by atoms with Crippen LogP contribution in [0.25, 0.3) is 0 Å². The van der Waals surface area contributed by atoms with Crippen LogP contribution in [0.4, 0.5) is 0 Å². The summed E-state index contributed by atoms with van der Waals surface area (Å²) in [5.41, 5.74) is 0. The summed E-state index contributed by atoms with van der Waals surface area (Å²) in [5.74, 6) is 0.508. The van der Waals surface area contributed by atoms with Gasteiger partial charge in [0.2, 0.25) is 0 Å². The predicted octanol–water partition coefficient (Wildman–Crippen LogP) is 11.5. The molecule has 5 nitrogen and oxygen atoms in total. The molecule has 2 aromatic carbocycles. The van der Waals surface area contributed by atoms with E-state index in [1.807, 2.05) is 0 Å². The van der Waals surface area contributed by atoms with Crippen molar-refractivity contribution in [3.63, 3.8) is 0 Å². The largest absolute Gasteiger partial charge is 0.414 e. The van der Waals surface area contributed by atoms with Crippen molar-refractivity contribution < 1.29 is 22.8 Å². The summed E-state index contributed by atoms with van der Waals surface area (Å²) in [6.07, 6.45) is 7.50. The fourth-order valence-electron chi connectivity index (χ4n) is 8.79. The van der Waals surface area contributed by atoms with Gasteiger partial charge in [0.1, 0.15) is 0 Å². The van der Waals surface area contributed by atoms with Crippen LogP contribution in [0.5, 0.6) is 0 Å². The van der Waals surface area contributed by atoms with Gasteiger partial charge in [-0.15, -0.1) is 0 Å². The van der Waals surface area contributed by atoms with Crippen molar-refractivity contribution in [1.29, 1.82) is 0 Å². The Hall–Kier alpha value is -1.37. The van der Waals surface area contributed by atoms with Crippen molar-refractivity contribution in [1.82, 2.24) is 0 Å². The van der Waals surface area contributed by atoms with E-state index in [0.29, 0.717) is 12.5 Å². The summed E-state index contributed by atoms with van der Waals surface area (Å²) in [5, 5.41) is 2.56. The molecule has 300 valence electrons. The fraction of sp³-hybridized carbons (Fsp3) is 0.689. The third-order valence-corrected chi connectivity index (χ3v) is 26.6. The highest BCUT2D eigenvalue weighted by atomic mass is 28.4. The smallest absolute Gasteiger partial charge is 0.261 e. The normalized spacial score (nSPS) is 20.5. The first-order valence-corrected chi connectivity index (χ1v) is 28.2. The van der Waals surface area contributed by atoms with E-state index in [4.69, 9.17) is 22.8 Å². The lowest BCUT2D eigenvalue weighted by Crippen LogP contribution is -2.67. The molecule has 0 spiro atoms. The van der Waals surface area contributed by atoms with Gasteiger partial charge in [0, 0.05) is 18.9 Å². The van der Waals surface area contributed by atoms with Crippen LogP contribution in [-0.4, -0.2) is 62.3 Å². The van der Waals surface area contributed by atoms with Gasteiger partial charge in [-0.2, -0.15) is 0 Å². The molecule has 1 fully saturated rings. The highest BCUT2D eigenvalue weighted by Gasteiger charge is 2.54. The van der Waals surface area contributed by atoms with E-state index >= 15 is 0 Å². The number of benzene rings is 2. The summed E-state index contributed by atoms with van der Waals surface area (Å²) >= 11 is 0. The molecule has 0 N–H and O–H groups in total. The van der Waals surface area contributed by atoms with Crippen molar-refractivity contribution in [2.45, 2.75) is 181 Å². The minimum Gasteiger partial charge on any atom is -0.414 e. The molecule has 8 heteroatoms. The molecule has 53 heavy (non-hydrogen) atoms. The summed E-state index contributed by atoms with van der Waals surface area (Å²) in [6.45, 7) is 30.3. The van der Waals surface area contributed by atoms with Crippen LogP contribution in [0.3, 0.4) is 0 Å². The second kappa shape index (κ2) is 21.2. The van der Waals surface area contributed by atoms with Crippen molar-refractivity contribution >= 4 is 35.3 Å². The molecule has 0 unspecified atom stereocenters. The summed E-state index contributed by atoms with van der Waals surface area (Å²) < 4.78 is 35.2. The maximum absolute atomic E-state index is 7.78. The lowest BCUT2D eigenvalue weighted by atomic mass is 9.91. The zero-order valence-corrected chi connectivity index (χ0v) is 39.1. The lowest BCUT2D eigenvalue weighted by Gasteiger charge is -2.44. The van der Waals surface area contributed by atoms with E-state index in [1.165, 1.54) is 10.4 Å². The SMILES string of the molecule is CC[Si](CC)(CC)O[C@H]1C[C@@H](O[Si](CC)(CC)CC)[C@H](C/C=C\CC(OC(C)C)OC(C)C)[C@@H]1CO[Si](c1ccccc1)(c1ccccc1)C(C)(C)C. The number of hydrogen-bond acceptors (Lipinski definition) is 5. The van der Waals surface area contributed by atoms with E-state index in [9.17, 15) is 0 Å². The number of rotatable bonds is 23. The summed E-state index contributed by atoms with van der Waals surface area (Å²) in [4.78, 5) is 0. The topological polar surface area (TPSA) is 46.2 Å². The van der Waals surface area contributed by atoms with Gasteiger partial charge in [0.15, 0.2) is 22.9 Å². The molecular weight excluding hydrogens is 705 g/mol. The molecule has 0 amide bonds. The quantitative estimate of drug-likeness (QED) is 0.0638. The first kappa shape index (κ1) is 46.0. The van der Waals surface area contributed by atoms with Gasteiger partial charge in [0.25, 0.3) is 8.32 Å². The molecule has 1 aliphatic rings. The Kier molecular flexibility index (Phi) is 18.4. The fourth-order valence-corrected chi connectivity index (χ4v) is 19.2. The van der Waals surface area contributed by atoms with E-state index in [1.54, 1.807) is 0 Å². The van der Waals surface area contributed by atoms with Crippen LogP contribution in [0.1, 0.15) is 109 Å². The standard InChI is InChI=1S/C45H78O5Si3/c1-14-51(15-2,16-3)49-42-34-43(50-52(17-4,18-5)19-6)41(40(42)32-26-27-33-44(47-36(7)8)48-37(9)10)35-46-53(45(11,12)13,38-28-22-20-23-29-38)39-30-24-21-25-31-39/h20-31,36-37,40-44H,14-19,32-35H2,1-13H3/b27-26-/t40-,41+,42-,43+/m1/s1. The monoisotopic (exact) mass is 783 g/mol. The Bertz CT molecular complexity index is 1250. The van der Waals surface area contributed by atoms with E-state index in [0.717, 1.165) is 55.5 Å². The molecule has 0 saturated heterocycles. The third kappa shape index (κ3) is 11.8. The maximum Gasteiger partial charge on any atom is 0.261 e. The zero-order chi connectivity index (χ0) is 39.3. The molecule has 0 radical (unpaired) electrons. The maximum atomic E-state index is 7.78. The molecule has 0 aromatic heterocycles. The molecule has 0 aliphatic heterocycles. The minimum absolute atomic E-state index is 0.0960. The van der Waals surface area contributed by atoms with E-state index in [2.05, 4.69) is 163 Å². The second-order valence-corrected chi connectivity index (χ2v) is 30.8. The second-order valence-electron chi connectivity index (χ2n) is 17.1. The number of ether oxygens (including phenoxy) is 2. The molecule has 0 heterocycles. The van der Waals surface area contributed by atoms with Crippen molar-refractivity contribution in [3.8, 4) is 0 Å². The van der Waals surface area contributed by atoms with Gasteiger partial charge in [-0.05, 0) is 98.1 Å². The van der Waals surface area contributed by atoms with Crippen LogP contribution in [-0.2, 0) is 22.8 Å². The minimum atomic E-state index is -2.76. The Morgan fingerprint density at radius 1 is 0.623 bits per heavy atom. The Labute approximate surface area is 329 Å². The molecule has 1 saturated carbocycles. The van der Waals surface area contributed by atoms with Gasteiger partial charge >= 0.3 is 0 Å². The average Bonchev–Trinajstić information content (AvgIpc) is 3.45. The Balaban J connectivity index is 2.15. The van der Waals surface area contributed by atoms with Gasteiger partial charge < -0.3 is 22.8 Å². The predicted molar refractivity (Wildman–Crippen MR) is 234 cm³/mol. The lowest BCUT2D eigenvalue weighted by molar-refractivity contribution is -0.178. The van der Waals surface area contributed by atoms with Gasteiger partial charge in [-0.3, -0.25) is 0 Å². The van der Waals surface area contributed by atoms with Crippen molar-refractivity contribution in [3.05, 3.63) is 72.8 Å². The average molecular weight is 783 g/mol. The van der Waals surface area contributed by atoms with Crippen LogP contribution in [0.2, 0.25) is 41.3 Å². The van der Waals surface area contributed by atoms with E-state index in [-0.39, 0.29) is 41.7 Å².